The van der Waals surface area contributed by atoms with Gasteiger partial charge in [0.25, 0.3) is 5.91 Å². The minimum absolute atomic E-state index is 0.0317. The number of nitrogens with one attached hydrogen (secondary N) is 3. The summed E-state index contributed by atoms with van der Waals surface area (Å²) in [5, 5.41) is 13.6. The normalized spacial score (nSPS) is 18.9. The second-order valence-electron chi connectivity index (χ2n) is 8.00. The van der Waals surface area contributed by atoms with Crippen molar-refractivity contribution in [2.45, 2.75) is 65.2 Å². The van der Waals surface area contributed by atoms with Crippen LogP contribution in [0.2, 0.25) is 0 Å². The molecule has 2 unspecified atom stereocenters. The molecular weight excluding hydrogens is 382 g/mol. The fourth-order valence-corrected chi connectivity index (χ4v) is 3.51. The maximum atomic E-state index is 12.5. The third kappa shape index (κ3) is 5.60. The average Bonchev–Trinajstić information content (AvgIpc) is 3.06. The Morgan fingerprint density at radius 3 is 2.73 bits per heavy atom. The van der Waals surface area contributed by atoms with Crippen molar-refractivity contribution in [3.63, 3.8) is 0 Å². The first-order valence-corrected chi connectivity index (χ1v) is 10.5. The van der Waals surface area contributed by atoms with E-state index >= 15 is 0 Å². The van der Waals surface area contributed by atoms with Crippen LogP contribution in [-0.4, -0.2) is 34.2 Å². The molecule has 8 heteroatoms. The highest BCUT2D eigenvalue weighted by molar-refractivity contribution is 5.91. The van der Waals surface area contributed by atoms with Crippen molar-refractivity contribution in [3.8, 4) is 5.75 Å². The SMILES string of the molecule is CCCC1CC(=O)NC(n2nc(C)cc2NC(=O)COc2ccc(C(C)C)cc2)N1. The summed E-state index contributed by atoms with van der Waals surface area (Å²) in [4.78, 5) is 24.5. The van der Waals surface area contributed by atoms with Gasteiger partial charge in [-0.15, -0.1) is 0 Å². The van der Waals surface area contributed by atoms with Crippen molar-refractivity contribution in [2.75, 3.05) is 11.9 Å². The predicted octanol–water partition coefficient (Wildman–Crippen LogP) is 3.07. The van der Waals surface area contributed by atoms with Crippen LogP contribution >= 0.6 is 0 Å². The Hall–Kier alpha value is -2.87. The molecule has 1 aromatic heterocycles. The molecule has 0 saturated carbocycles. The fourth-order valence-electron chi connectivity index (χ4n) is 3.51. The summed E-state index contributed by atoms with van der Waals surface area (Å²) in [5.41, 5.74) is 1.96. The Morgan fingerprint density at radius 1 is 1.33 bits per heavy atom. The molecule has 162 valence electrons. The molecule has 2 aromatic rings. The molecule has 0 aliphatic carbocycles. The smallest absolute Gasteiger partial charge is 0.263 e. The van der Waals surface area contributed by atoms with Gasteiger partial charge in [0.2, 0.25) is 5.91 Å². The number of carbonyl (C=O) groups is 2. The summed E-state index contributed by atoms with van der Waals surface area (Å²) in [6.45, 7) is 8.07. The van der Waals surface area contributed by atoms with E-state index in [2.05, 4.69) is 41.8 Å². The standard InChI is InChI=1S/C22H31N5O3/c1-5-6-17-12-20(28)25-22(23-17)27-19(11-15(4)26-27)24-21(29)13-30-18-9-7-16(8-10-18)14(2)3/h7-11,14,17,22-23H,5-6,12-13H2,1-4H3,(H,24,29)(H,25,28). The van der Waals surface area contributed by atoms with Gasteiger partial charge < -0.3 is 15.4 Å². The highest BCUT2D eigenvalue weighted by Gasteiger charge is 2.28. The lowest BCUT2D eigenvalue weighted by Gasteiger charge is -2.32. The van der Waals surface area contributed by atoms with Crippen molar-refractivity contribution >= 4 is 17.6 Å². The van der Waals surface area contributed by atoms with Crippen LogP contribution in [0, 0.1) is 6.92 Å². The van der Waals surface area contributed by atoms with E-state index in [1.54, 1.807) is 10.7 Å². The van der Waals surface area contributed by atoms with Crippen molar-refractivity contribution < 1.29 is 14.3 Å². The average molecular weight is 414 g/mol. The highest BCUT2D eigenvalue weighted by atomic mass is 16.5. The largest absolute Gasteiger partial charge is 0.484 e. The maximum absolute atomic E-state index is 12.5. The van der Waals surface area contributed by atoms with Crippen LogP contribution in [-0.2, 0) is 9.59 Å². The molecule has 30 heavy (non-hydrogen) atoms. The number of hydrogen-bond donors (Lipinski definition) is 3. The first-order chi connectivity index (χ1) is 14.4. The Morgan fingerprint density at radius 2 is 2.07 bits per heavy atom. The number of nitrogens with zero attached hydrogens (tertiary/aromatic N) is 2. The Bertz CT molecular complexity index is 875. The lowest BCUT2D eigenvalue weighted by molar-refractivity contribution is -0.125. The second-order valence-corrected chi connectivity index (χ2v) is 8.00. The molecule has 3 rings (SSSR count). The highest BCUT2D eigenvalue weighted by Crippen LogP contribution is 2.20. The van der Waals surface area contributed by atoms with Gasteiger partial charge in [0.05, 0.1) is 5.69 Å². The Balaban J connectivity index is 1.62. The molecule has 1 saturated heterocycles. The van der Waals surface area contributed by atoms with Gasteiger partial charge in [-0.1, -0.05) is 39.3 Å². The number of rotatable bonds is 8. The zero-order valence-electron chi connectivity index (χ0n) is 18.1. The number of carbonyl (C=O) groups excluding carboxylic acids is 2. The van der Waals surface area contributed by atoms with Crippen LogP contribution in [0.25, 0.3) is 0 Å². The quantitative estimate of drug-likeness (QED) is 0.618. The number of aryl methyl sites for hydroxylation is 1. The maximum Gasteiger partial charge on any atom is 0.263 e. The second kappa shape index (κ2) is 9.75. The summed E-state index contributed by atoms with van der Waals surface area (Å²) < 4.78 is 7.21. The molecule has 1 aliphatic heterocycles. The van der Waals surface area contributed by atoms with Gasteiger partial charge in [-0.25, -0.2) is 4.68 Å². The van der Waals surface area contributed by atoms with Crippen LogP contribution < -0.4 is 20.7 Å². The van der Waals surface area contributed by atoms with E-state index in [4.69, 9.17) is 4.74 Å². The number of anilines is 1. The third-order valence-corrected chi connectivity index (χ3v) is 5.05. The summed E-state index contributed by atoms with van der Waals surface area (Å²) in [7, 11) is 0. The Labute approximate surface area is 177 Å². The lowest BCUT2D eigenvalue weighted by Crippen LogP contribution is -2.53. The minimum atomic E-state index is -0.503. The van der Waals surface area contributed by atoms with Gasteiger partial charge in [-0.3, -0.25) is 14.9 Å². The van der Waals surface area contributed by atoms with Crippen molar-refractivity contribution in [1.82, 2.24) is 20.4 Å². The van der Waals surface area contributed by atoms with Gasteiger partial charge in [-0.2, -0.15) is 5.10 Å². The van der Waals surface area contributed by atoms with E-state index in [1.807, 2.05) is 31.2 Å². The van der Waals surface area contributed by atoms with Crippen molar-refractivity contribution in [3.05, 3.63) is 41.6 Å². The molecule has 1 aliphatic rings. The molecule has 2 atom stereocenters. The van der Waals surface area contributed by atoms with Crippen LogP contribution in [0.4, 0.5) is 5.82 Å². The van der Waals surface area contributed by atoms with Gasteiger partial charge in [-0.05, 0) is 37.0 Å². The molecule has 1 aromatic carbocycles. The first-order valence-electron chi connectivity index (χ1n) is 10.5. The topological polar surface area (TPSA) is 97.3 Å². The molecule has 0 bridgehead atoms. The zero-order valence-corrected chi connectivity index (χ0v) is 18.1. The predicted molar refractivity (Wildman–Crippen MR) is 115 cm³/mol. The molecule has 0 spiro atoms. The third-order valence-electron chi connectivity index (χ3n) is 5.05. The van der Waals surface area contributed by atoms with E-state index in [1.165, 1.54) is 5.56 Å². The van der Waals surface area contributed by atoms with Gasteiger partial charge >= 0.3 is 0 Å². The van der Waals surface area contributed by atoms with E-state index in [-0.39, 0.29) is 24.5 Å². The fraction of sp³-hybridized carbons (Fsp3) is 0.500. The monoisotopic (exact) mass is 413 g/mol. The van der Waals surface area contributed by atoms with E-state index in [9.17, 15) is 9.59 Å². The number of amides is 2. The van der Waals surface area contributed by atoms with Gasteiger partial charge in [0, 0.05) is 18.5 Å². The van der Waals surface area contributed by atoms with Crippen LogP contribution in [0.5, 0.6) is 5.75 Å². The Kier molecular flexibility index (Phi) is 7.10. The zero-order chi connectivity index (χ0) is 21.7. The molecule has 1 fully saturated rings. The van der Waals surface area contributed by atoms with Crippen LogP contribution in [0.3, 0.4) is 0 Å². The number of hydrogen-bond acceptors (Lipinski definition) is 5. The number of ether oxygens (including phenoxy) is 1. The summed E-state index contributed by atoms with van der Waals surface area (Å²) in [5.74, 6) is 1.26. The van der Waals surface area contributed by atoms with Crippen molar-refractivity contribution in [1.29, 1.82) is 0 Å². The molecule has 8 nitrogen and oxygen atoms in total. The molecule has 2 heterocycles. The molecule has 3 N–H and O–H groups in total. The van der Waals surface area contributed by atoms with Crippen LogP contribution in [0.15, 0.2) is 30.3 Å². The van der Waals surface area contributed by atoms with Gasteiger partial charge in [0.1, 0.15) is 11.6 Å². The summed E-state index contributed by atoms with van der Waals surface area (Å²) in [6, 6.07) is 9.59. The summed E-state index contributed by atoms with van der Waals surface area (Å²) in [6.07, 6.45) is 1.82. The molecule has 0 radical (unpaired) electrons. The number of benzene rings is 1. The molecule has 2 amide bonds. The lowest BCUT2D eigenvalue weighted by atomic mass is 10.0. The number of aromatic nitrogens is 2. The van der Waals surface area contributed by atoms with E-state index in [0.29, 0.717) is 23.9 Å². The van der Waals surface area contributed by atoms with E-state index in [0.717, 1.165) is 18.5 Å². The van der Waals surface area contributed by atoms with Crippen molar-refractivity contribution in [2.24, 2.45) is 0 Å². The van der Waals surface area contributed by atoms with Crippen LogP contribution in [0.1, 0.15) is 63.5 Å². The minimum Gasteiger partial charge on any atom is -0.484 e. The summed E-state index contributed by atoms with van der Waals surface area (Å²) >= 11 is 0. The first kappa shape index (κ1) is 21.8. The van der Waals surface area contributed by atoms with E-state index < -0.39 is 6.29 Å². The molecular formula is C22H31N5O3. The van der Waals surface area contributed by atoms with Gasteiger partial charge in [0.15, 0.2) is 12.9 Å².